The molecule has 1 heterocycles. The van der Waals surface area contributed by atoms with Crippen LogP contribution in [0.3, 0.4) is 0 Å². The monoisotopic (exact) mass is 341 g/mol. The molecule has 122 valence electrons. The lowest BCUT2D eigenvalue weighted by Gasteiger charge is -2.15. The second-order valence-corrected chi connectivity index (χ2v) is 6.06. The van der Waals surface area contributed by atoms with Gasteiger partial charge in [-0.15, -0.1) is 0 Å². The maximum Gasteiger partial charge on any atom is 0.323 e. The maximum atomic E-state index is 12.3. The van der Waals surface area contributed by atoms with Gasteiger partial charge in [0.1, 0.15) is 6.54 Å². The van der Waals surface area contributed by atoms with E-state index >= 15 is 0 Å². The summed E-state index contributed by atoms with van der Waals surface area (Å²) in [6.07, 6.45) is 1.24. The van der Waals surface area contributed by atoms with Crippen LogP contribution < -0.4 is 5.43 Å². The number of carboxylic acids is 1. The van der Waals surface area contributed by atoms with Crippen LogP contribution in [0.5, 0.6) is 0 Å². The summed E-state index contributed by atoms with van der Waals surface area (Å²) in [6.45, 7) is -0.175. The topological polar surface area (TPSA) is 59.3 Å². The summed E-state index contributed by atoms with van der Waals surface area (Å²) in [6, 6.07) is 16.1. The Bertz CT molecular complexity index is 962. The molecule has 0 radical (unpaired) electrons. The normalized spacial score (nSPS) is 10.9. The number of fused-ring (bicyclic) bond motifs is 1. The fourth-order valence-corrected chi connectivity index (χ4v) is 3.09. The van der Waals surface area contributed by atoms with E-state index in [0.717, 1.165) is 5.56 Å². The Labute approximate surface area is 143 Å². The summed E-state index contributed by atoms with van der Waals surface area (Å²) in [5.41, 5.74) is 2.31. The third kappa shape index (κ3) is 3.49. The van der Waals surface area contributed by atoms with Crippen LogP contribution in [0.15, 0.2) is 59.4 Å². The summed E-state index contributed by atoms with van der Waals surface area (Å²) in [5.74, 6) is -0.937. The van der Waals surface area contributed by atoms with E-state index in [1.54, 1.807) is 34.9 Å². The number of benzene rings is 2. The molecule has 5 heteroatoms. The second kappa shape index (κ2) is 6.89. The largest absolute Gasteiger partial charge is 0.480 e. The zero-order chi connectivity index (χ0) is 17.1. The SMILES string of the molecule is O=C(O)Cn1c(CCc2cccc(Cl)c2)cc(=O)c2ccccc21. The number of hydrogen-bond donors (Lipinski definition) is 1. The number of carbonyl (C=O) groups is 1. The van der Waals surface area contributed by atoms with Crippen molar-refractivity contribution in [1.29, 1.82) is 0 Å². The zero-order valence-corrected chi connectivity index (χ0v) is 13.7. The van der Waals surface area contributed by atoms with Gasteiger partial charge in [0.25, 0.3) is 0 Å². The van der Waals surface area contributed by atoms with E-state index in [1.807, 2.05) is 18.2 Å². The lowest BCUT2D eigenvalue weighted by Crippen LogP contribution is -2.19. The number of carboxylic acid groups (broad SMARTS) is 1. The van der Waals surface area contributed by atoms with Crippen LogP contribution in [0.1, 0.15) is 11.3 Å². The van der Waals surface area contributed by atoms with E-state index in [-0.39, 0.29) is 12.0 Å². The lowest BCUT2D eigenvalue weighted by molar-refractivity contribution is -0.137. The zero-order valence-electron chi connectivity index (χ0n) is 12.9. The summed E-state index contributed by atoms with van der Waals surface area (Å²) >= 11 is 6.00. The number of rotatable bonds is 5. The molecule has 0 bridgehead atoms. The summed E-state index contributed by atoms with van der Waals surface area (Å²) in [7, 11) is 0. The van der Waals surface area contributed by atoms with Gasteiger partial charge in [0.15, 0.2) is 5.43 Å². The summed E-state index contributed by atoms with van der Waals surface area (Å²) in [5, 5.41) is 10.4. The number of aryl methyl sites for hydroxylation is 2. The minimum absolute atomic E-state index is 0.0895. The quantitative estimate of drug-likeness (QED) is 0.772. The van der Waals surface area contributed by atoms with Crippen molar-refractivity contribution in [1.82, 2.24) is 4.57 Å². The molecule has 0 fully saturated rings. The molecule has 0 aliphatic carbocycles. The van der Waals surface area contributed by atoms with Crippen molar-refractivity contribution >= 4 is 28.5 Å². The van der Waals surface area contributed by atoms with Gasteiger partial charge in [-0.05, 0) is 42.7 Å². The lowest BCUT2D eigenvalue weighted by atomic mass is 10.1. The van der Waals surface area contributed by atoms with Crippen molar-refractivity contribution in [2.24, 2.45) is 0 Å². The van der Waals surface area contributed by atoms with E-state index in [9.17, 15) is 14.7 Å². The molecule has 0 saturated heterocycles. The molecule has 1 aromatic heterocycles. The Kier molecular flexibility index (Phi) is 4.67. The van der Waals surface area contributed by atoms with Gasteiger partial charge in [0.2, 0.25) is 0 Å². The van der Waals surface area contributed by atoms with Crippen LogP contribution in [0.4, 0.5) is 0 Å². The highest BCUT2D eigenvalue weighted by Crippen LogP contribution is 2.16. The van der Waals surface area contributed by atoms with Gasteiger partial charge in [-0.25, -0.2) is 0 Å². The highest BCUT2D eigenvalue weighted by Gasteiger charge is 2.11. The Morgan fingerprint density at radius 2 is 1.83 bits per heavy atom. The van der Waals surface area contributed by atoms with Crippen molar-refractivity contribution in [3.05, 3.63) is 81.1 Å². The number of aromatic nitrogens is 1. The molecule has 3 rings (SSSR count). The van der Waals surface area contributed by atoms with Gasteiger partial charge >= 0.3 is 5.97 Å². The molecule has 3 aromatic rings. The van der Waals surface area contributed by atoms with Crippen molar-refractivity contribution in [3.63, 3.8) is 0 Å². The van der Waals surface area contributed by atoms with Gasteiger partial charge in [0, 0.05) is 22.2 Å². The second-order valence-electron chi connectivity index (χ2n) is 5.63. The molecule has 0 aliphatic heterocycles. The molecular formula is C19H16ClNO3. The minimum Gasteiger partial charge on any atom is -0.480 e. The predicted molar refractivity (Wildman–Crippen MR) is 94.7 cm³/mol. The van der Waals surface area contributed by atoms with E-state index in [0.29, 0.717) is 34.5 Å². The first kappa shape index (κ1) is 16.3. The molecule has 0 spiro atoms. The van der Waals surface area contributed by atoms with Gasteiger partial charge in [-0.3, -0.25) is 9.59 Å². The molecule has 0 saturated carbocycles. The van der Waals surface area contributed by atoms with Gasteiger partial charge in [-0.2, -0.15) is 0 Å². The van der Waals surface area contributed by atoms with Crippen molar-refractivity contribution in [2.75, 3.05) is 0 Å². The fourth-order valence-electron chi connectivity index (χ4n) is 2.87. The Morgan fingerprint density at radius 3 is 2.58 bits per heavy atom. The highest BCUT2D eigenvalue weighted by atomic mass is 35.5. The van der Waals surface area contributed by atoms with E-state index in [4.69, 9.17) is 11.6 Å². The average Bonchev–Trinajstić information content (AvgIpc) is 2.56. The van der Waals surface area contributed by atoms with E-state index in [1.165, 1.54) is 6.07 Å². The fraction of sp³-hybridized carbons (Fsp3) is 0.158. The molecule has 0 atom stereocenters. The highest BCUT2D eigenvalue weighted by molar-refractivity contribution is 6.30. The number of halogens is 1. The Balaban J connectivity index is 2.02. The molecule has 0 aliphatic rings. The van der Waals surface area contributed by atoms with Gasteiger partial charge < -0.3 is 9.67 Å². The van der Waals surface area contributed by atoms with Crippen LogP contribution in [0, 0.1) is 0 Å². The molecule has 1 N–H and O–H groups in total. The number of aliphatic carboxylic acids is 1. The molecular weight excluding hydrogens is 326 g/mol. The number of pyridine rings is 1. The van der Waals surface area contributed by atoms with E-state index < -0.39 is 5.97 Å². The first-order chi connectivity index (χ1) is 11.5. The molecule has 4 nitrogen and oxygen atoms in total. The molecule has 0 unspecified atom stereocenters. The van der Waals surface area contributed by atoms with Crippen LogP contribution >= 0.6 is 11.6 Å². The Hall–Kier alpha value is -2.59. The maximum absolute atomic E-state index is 12.3. The average molecular weight is 342 g/mol. The van der Waals surface area contributed by atoms with Crippen LogP contribution in [0.25, 0.3) is 10.9 Å². The predicted octanol–water partition coefficient (Wildman–Crippen LogP) is 3.52. The van der Waals surface area contributed by atoms with Gasteiger partial charge in [0.05, 0.1) is 5.52 Å². The first-order valence-corrected chi connectivity index (χ1v) is 8.00. The van der Waals surface area contributed by atoms with Crippen LogP contribution in [-0.2, 0) is 24.2 Å². The summed E-state index contributed by atoms with van der Waals surface area (Å²) < 4.78 is 1.70. The minimum atomic E-state index is -0.937. The van der Waals surface area contributed by atoms with Crippen LogP contribution in [0.2, 0.25) is 5.02 Å². The smallest absolute Gasteiger partial charge is 0.323 e. The molecule has 0 amide bonds. The first-order valence-electron chi connectivity index (χ1n) is 7.62. The van der Waals surface area contributed by atoms with Crippen LogP contribution in [-0.4, -0.2) is 15.6 Å². The van der Waals surface area contributed by atoms with Crippen molar-refractivity contribution < 1.29 is 9.90 Å². The third-order valence-corrected chi connectivity index (χ3v) is 4.19. The van der Waals surface area contributed by atoms with Crippen molar-refractivity contribution in [2.45, 2.75) is 19.4 Å². The van der Waals surface area contributed by atoms with Crippen molar-refractivity contribution in [3.8, 4) is 0 Å². The third-order valence-electron chi connectivity index (χ3n) is 3.96. The number of para-hydroxylation sites is 1. The molecule has 2 aromatic carbocycles. The standard InChI is InChI=1S/C19H16ClNO3/c20-14-5-3-4-13(10-14)8-9-15-11-18(22)16-6-1-2-7-17(16)21(15)12-19(23)24/h1-7,10-11H,8-9,12H2,(H,23,24). The Morgan fingerprint density at radius 1 is 1.04 bits per heavy atom. The molecule has 24 heavy (non-hydrogen) atoms. The number of hydrogen-bond acceptors (Lipinski definition) is 2. The summed E-state index contributed by atoms with van der Waals surface area (Å²) in [4.78, 5) is 23.6. The van der Waals surface area contributed by atoms with Gasteiger partial charge in [-0.1, -0.05) is 35.9 Å². The number of nitrogens with zero attached hydrogens (tertiary/aromatic N) is 1. The van der Waals surface area contributed by atoms with E-state index in [2.05, 4.69) is 0 Å².